The van der Waals surface area contributed by atoms with Crippen LogP contribution in [0, 0.1) is 0 Å². The molecule has 0 amide bonds. The van der Waals surface area contributed by atoms with Gasteiger partial charge in [0.1, 0.15) is 4.21 Å². The standard InChI is InChI=1S/C14H25N3O2S2/c1-11(2)15-10-13-6-7-14(20-13)21(18,19)16-9-12-5-4-8-17(12)3/h6-7,11-12,15-16H,4-5,8-10H2,1-3H3. The Morgan fingerprint density at radius 1 is 1.43 bits per heavy atom. The van der Waals surface area contributed by atoms with Gasteiger partial charge in [-0.05, 0) is 38.6 Å². The van der Waals surface area contributed by atoms with E-state index in [9.17, 15) is 8.42 Å². The van der Waals surface area contributed by atoms with Crippen LogP contribution in [-0.2, 0) is 16.6 Å². The van der Waals surface area contributed by atoms with Crippen LogP contribution in [0.1, 0.15) is 31.6 Å². The summed E-state index contributed by atoms with van der Waals surface area (Å²) >= 11 is 1.34. The van der Waals surface area contributed by atoms with Crippen molar-refractivity contribution in [1.82, 2.24) is 14.9 Å². The SMILES string of the molecule is CC(C)NCc1ccc(S(=O)(=O)NCC2CCCN2C)s1. The highest BCUT2D eigenvalue weighted by molar-refractivity contribution is 7.91. The fraction of sp³-hybridized carbons (Fsp3) is 0.714. The molecule has 1 unspecified atom stereocenters. The quantitative estimate of drug-likeness (QED) is 0.797. The summed E-state index contributed by atoms with van der Waals surface area (Å²) in [5.41, 5.74) is 0. The monoisotopic (exact) mass is 331 g/mol. The molecule has 21 heavy (non-hydrogen) atoms. The first kappa shape index (κ1) is 16.9. The molecular formula is C14H25N3O2S2. The molecule has 1 aromatic heterocycles. The lowest BCUT2D eigenvalue weighted by Gasteiger charge is -2.19. The average Bonchev–Trinajstić information content (AvgIpc) is 3.03. The minimum absolute atomic E-state index is 0.321. The molecule has 0 aromatic carbocycles. The molecular weight excluding hydrogens is 306 g/mol. The third-order valence-corrected chi connectivity index (χ3v) is 6.77. The maximum Gasteiger partial charge on any atom is 0.250 e. The number of hydrogen-bond donors (Lipinski definition) is 2. The molecule has 1 fully saturated rings. The van der Waals surface area contributed by atoms with E-state index in [1.54, 1.807) is 6.07 Å². The number of thiophene rings is 1. The van der Waals surface area contributed by atoms with E-state index in [0.717, 1.165) is 24.3 Å². The van der Waals surface area contributed by atoms with Crippen molar-refractivity contribution >= 4 is 21.4 Å². The minimum Gasteiger partial charge on any atom is -0.310 e. The molecule has 7 heteroatoms. The third-order valence-electron chi connectivity index (χ3n) is 3.77. The van der Waals surface area contributed by atoms with E-state index in [1.807, 2.05) is 13.1 Å². The van der Waals surface area contributed by atoms with Crippen LogP contribution < -0.4 is 10.0 Å². The molecule has 2 rings (SSSR count). The maximum absolute atomic E-state index is 12.3. The molecule has 1 aliphatic rings. The fourth-order valence-corrected chi connectivity index (χ4v) is 4.84. The second-order valence-electron chi connectivity index (χ2n) is 5.88. The van der Waals surface area contributed by atoms with Crippen LogP contribution in [0.4, 0.5) is 0 Å². The smallest absolute Gasteiger partial charge is 0.250 e. The summed E-state index contributed by atoms with van der Waals surface area (Å²) in [7, 11) is -1.33. The molecule has 1 aliphatic heterocycles. The lowest BCUT2D eigenvalue weighted by atomic mass is 10.2. The molecule has 1 atom stereocenters. The van der Waals surface area contributed by atoms with Crippen molar-refractivity contribution in [2.75, 3.05) is 20.1 Å². The van der Waals surface area contributed by atoms with Gasteiger partial charge in [0.25, 0.3) is 0 Å². The summed E-state index contributed by atoms with van der Waals surface area (Å²) in [6, 6.07) is 4.30. The van der Waals surface area contributed by atoms with Crippen molar-refractivity contribution in [1.29, 1.82) is 0 Å². The summed E-state index contributed by atoms with van der Waals surface area (Å²) in [6.45, 7) is 6.41. The third kappa shape index (κ3) is 4.75. The van der Waals surface area contributed by atoms with E-state index in [1.165, 1.54) is 11.3 Å². The molecule has 0 bridgehead atoms. The Kier molecular flexibility index (Phi) is 5.79. The Labute approximate surface area is 131 Å². The van der Waals surface area contributed by atoms with Gasteiger partial charge in [0.2, 0.25) is 10.0 Å². The van der Waals surface area contributed by atoms with Gasteiger partial charge < -0.3 is 10.2 Å². The Bertz CT molecular complexity index is 554. The van der Waals surface area contributed by atoms with Gasteiger partial charge in [0, 0.05) is 30.1 Å². The molecule has 0 saturated carbocycles. The molecule has 0 aliphatic carbocycles. The highest BCUT2D eigenvalue weighted by Crippen LogP contribution is 2.22. The number of rotatable bonds is 7. The van der Waals surface area contributed by atoms with Crippen LogP contribution in [0.3, 0.4) is 0 Å². The van der Waals surface area contributed by atoms with Gasteiger partial charge in [0.05, 0.1) is 0 Å². The topological polar surface area (TPSA) is 61.4 Å². The highest BCUT2D eigenvalue weighted by Gasteiger charge is 2.24. The first-order chi connectivity index (χ1) is 9.88. The molecule has 0 spiro atoms. The van der Waals surface area contributed by atoms with Gasteiger partial charge in [-0.25, -0.2) is 13.1 Å². The Balaban J connectivity index is 1.92. The van der Waals surface area contributed by atoms with Crippen molar-refractivity contribution in [2.24, 2.45) is 0 Å². The van der Waals surface area contributed by atoms with Crippen LogP contribution in [0.15, 0.2) is 16.3 Å². The molecule has 120 valence electrons. The van der Waals surface area contributed by atoms with Crippen molar-refractivity contribution < 1.29 is 8.42 Å². The van der Waals surface area contributed by atoms with Crippen LogP contribution >= 0.6 is 11.3 Å². The first-order valence-corrected chi connectivity index (χ1v) is 9.70. The van der Waals surface area contributed by atoms with Crippen LogP contribution in [0.2, 0.25) is 0 Å². The second-order valence-corrected chi connectivity index (χ2v) is 9.05. The zero-order valence-electron chi connectivity index (χ0n) is 12.9. The lowest BCUT2D eigenvalue weighted by Crippen LogP contribution is -2.37. The zero-order chi connectivity index (χ0) is 15.5. The van der Waals surface area contributed by atoms with Crippen LogP contribution in [0.25, 0.3) is 0 Å². The van der Waals surface area contributed by atoms with Gasteiger partial charge in [0.15, 0.2) is 0 Å². The predicted molar refractivity (Wildman–Crippen MR) is 87.1 cm³/mol. The van der Waals surface area contributed by atoms with Gasteiger partial charge >= 0.3 is 0 Å². The summed E-state index contributed by atoms with van der Waals surface area (Å²) in [4.78, 5) is 3.26. The average molecular weight is 332 g/mol. The van der Waals surface area contributed by atoms with E-state index in [0.29, 0.717) is 29.4 Å². The maximum atomic E-state index is 12.3. The van der Waals surface area contributed by atoms with E-state index in [4.69, 9.17) is 0 Å². The Morgan fingerprint density at radius 3 is 2.81 bits per heavy atom. The van der Waals surface area contributed by atoms with E-state index in [2.05, 4.69) is 28.8 Å². The molecule has 0 radical (unpaired) electrons. The molecule has 5 nitrogen and oxygen atoms in total. The first-order valence-electron chi connectivity index (χ1n) is 7.40. The van der Waals surface area contributed by atoms with Crippen molar-refractivity contribution in [2.45, 2.75) is 49.5 Å². The van der Waals surface area contributed by atoms with Crippen LogP contribution in [-0.4, -0.2) is 45.5 Å². The predicted octanol–water partition coefficient (Wildman–Crippen LogP) is 1.62. The van der Waals surface area contributed by atoms with E-state index >= 15 is 0 Å². The van der Waals surface area contributed by atoms with Gasteiger partial charge in [-0.1, -0.05) is 13.8 Å². The zero-order valence-corrected chi connectivity index (χ0v) is 14.6. The number of likely N-dealkylation sites (N-methyl/N-ethyl adjacent to an activating group) is 1. The fourth-order valence-electron chi connectivity index (χ4n) is 2.42. The highest BCUT2D eigenvalue weighted by atomic mass is 32.2. The van der Waals surface area contributed by atoms with Crippen molar-refractivity contribution in [3.8, 4) is 0 Å². The summed E-state index contributed by atoms with van der Waals surface area (Å²) < 4.78 is 27.8. The molecule has 2 N–H and O–H groups in total. The normalized spacial score (nSPS) is 20.5. The van der Waals surface area contributed by atoms with E-state index in [-0.39, 0.29) is 0 Å². The summed E-state index contributed by atoms with van der Waals surface area (Å²) in [5, 5.41) is 3.30. The summed E-state index contributed by atoms with van der Waals surface area (Å²) in [5.74, 6) is 0. The number of likely N-dealkylation sites (tertiary alicyclic amines) is 1. The number of hydrogen-bond acceptors (Lipinski definition) is 5. The van der Waals surface area contributed by atoms with Gasteiger partial charge in [-0.15, -0.1) is 11.3 Å². The van der Waals surface area contributed by atoms with E-state index < -0.39 is 10.0 Å². The van der Waals surface area contributed by atoms with Crippen molar-refractivity contribution in [3.05, 3.63) is 17.0 Å². The number of nitrogens with one attached hydrogen (secondary N) is 2. The molecule has 2 heterocycles. The second kappa shape index (κ2) is 7.19. The van der Waals surface area contributed by atoms with Gasteiger partial charge in [-0.3, -0.25) is 0 Å². The Morgan fingerprint density at radius 2 is 2.19 bits per heavy atom. The Hall–Kier alpha value is -0.470. The van der Waals surface area contributed by atoms with Crippen LogP contribution in [0.5, 0.6) is 0 Å². The lowest BCUT2D eigenvalue weighted by molar-refractivity contribution is 0.311. The minimum atomic E-state index is -3.37. The largest absolute Gasteiger partial charge is 0.310 e. The van der Waals surface area contributed by atoms with Crippen molar-refractivity contribution in [3.63, 3.8) is 0 Å². The molecule has 1 saturated heterocycles. The number of nitrogens with zero attached hydrogens (tertiary/aromatic N) is 1. The van der Waals surface area contributed by atoms with Gasteiger partial charge in [-0.2, -0.15) is 0 Å². The molecule has 1 aromatic rings. The number of sulfonamides is 1. The summed E-state index contributed by atoms with van der Waals surface area (Å²) in [6.07, 6.45) is 2.21.